The van der Waals surface area contributed by atoms with Gasteiger partial charge in [-0.15, -0.1) is 0 Å². The number of imidazole rings is 1. The average Bonchev–Trinajstić information content (AvgIpc) is 3.15. The van der Waals surface area contributed by atoms with Crippen molar-refractivity contribution in [2.24, 2.45) is 0 Å². The largest absolute Gasteiger partial charge is 0.387 e. The second-order valence-electron chi connectivity index (χ2n) is 6.50. The fraction of sp³-hybridized carbons (Fsp3) is 0.750. The molecule has 1 aromatic rings. The van der Waals surface area contributed by atoms with Crippen molar-refractivity contribution in [3.8, 4) is 0 Å². The zero-order chi connectivity index (χ0) is 16.3. The highest BCUT2D eigenvalue weighted by Gasteiger charge is 2.39. The Morgan fingerprint density at radius 2 is 2.17 bits per heavy atom. The maximum atomic E-state index is 12.5. The molecule has 1 atom stereocenters. The van der Waals surface area contributed by atoms with Gasteiger partial charge in [0.1, 0.15) is 12.4 Å². The number of β-amino-alcohol motifs (C(OH)–C–C–N with tert-alkyl or cyclic N) is 1. The molecule has 2 saturated heterocycles. The van der Waals surface area contributed by atoms with Crippen LogP contribution in [-0.2, 0) is 22.5 Å². The van der Waals surface area contributed by atoms with Crippen LogP contribution < -0.4 is 0 Å². The fourth-order valence-electron chi connectivity index (χ4n) is 3.42. The van der Waals surface area contributed by atoms with Gasteiger partial charge in [0, 0.05) is 45.0 Å². The van der Waals surface area contributed by atoms with Crippen LogP contribution in [0.2, 0.25) is 0 Å². The molecule has 7 nitrogen and oxygen atoms in total. The van der Waals surface area contributed by atoms with Gasteiger partial charge in [-0.3, -0.25) is 9.69 Å². The van der Waals surface area contributed by atoms with Gasteiger partial charge in [-0.25, -0.2) is 4.98 Å². The average molecular weight is 322 g/mol. The first-order chi connectivity index (χ1) is 11.1. The Bertz CT molecular complexity index is 541. The van der Waals surface area contributed by atoms with Crippen molar-refractivity contribution in [3.63, 3.8) is 0 Å². The van der Waals surface area contributed by atoms with Crippen LogP contribution in [0.15, 0.2) is 12.4 Å². The summed E-state index contributed by atoms with van der Waals surface area (Å²) < 4.78 is 7.23. The van der Waals surface area contributed by atoms with Crippen LogP contribution in [0.1, 0.15) is 19.2 Å². The Morgan fingerprint density at radius 3 is 2.91 bits per heavy atom. The molecule has 2 fully saturated rings. The number of hydrogen-bond donors (Lipinski definition) is 1. The van der Waals surface area contributed by atoms with Crippen LogP contribution >= 0.6 is 0 Å². The molecule has 0 radical (unpaired) electrons. The van der Waals surface area contributed by atoms with Crippen molar-refractivity contribution < 1.29 is 14.6 Å². The monoisotopic (exact) mass is 322 g/mol. The molecule has 23 heavy (non-hydrogen) atoms. The van der Waals surface area contributed by atoms with Crippen molar-refractivity contribution in [2.75, 3.05) is 45.9 Å². The number of carbonyl (C=O) groups excluding carboxylic acids is 1. The van der Waals surface area contributed by atoms with E-state index in [1.54, 1.807) is 11.1 Å². The number of carbonyl (C=O) groups is 1. The quantitative estimate of drug-likeness (QED) is 0.809. The smallest absolute Gasteiger partial charge is 0.242 e. The summed E-state index contributed by atoms with van der Waals surface area (Å²) >= 11 is 0. The molecule has 0 bridgehead atoms. The lowest BCUT2D eigenvalue weighted by Crippen LogP contribution is -2.49. The lowest BCUT2D eigenvalue weighted by Gasteiger charge is -2.33. The van der Waals surface area contributed by atoms with Crippen molar-refractivity contribution in [2.45, 2.75) is 31.9 Å². The molecule has 3 heterocycles. The predicted molar refractivity (Wildman–Crippen MR) is 85.0 cm³/mol. The first kappa shape index (κ1) is 16.4. The van der Waals surface area contributed by atoms with Gasteiger partial charge >= 0.3 is 0 Å². The highest BCUT2D eigenvalue weighted by molar-refractivity contribution is 5.76. The van der Waals surface area contributed by atoms with E-state index < -0.39 is 5.60 Å². The maximum Gasteiger partial charge on any atom is 0.242 e. The van der Waals surface area contributed by atoms with Crippen LogP contribution in [0.25, 0.3) is 0 Å². The third-order valence-electron chi connectivity index (χ3n) is 4.73. The van der Waals surface area contributed by atoms with E-state index in [-0.39, 0.29) is 5.91 Å². The second kappa shape index (κ2) is 6.98. The first-order valence-corrected chi connectivity index (χ1v) is 8.40. The molecule has 7 heteroatoms. The standard InChI is InChI=1S/C16H26N4O3/c1-2-14-17-4-6-19(14)11-15(21)20-5-3-16(22,13-20)12-18-7-9-23-10-8-18/h4,6,22H,2-3,5,7-13H2,1H3/t16-/m0/s1. The zero-order valence-corrected chi connectivity index (χ0v) is 13.8. The predicted octanol–water partition coefficient (Wildman–Crippen LogP) is -0.259. The third kappa shape index (κ3) is 3.91. The van der Waals surface area contributed by atoms with Crippen molar-refractivity contribution in [1.29, 1.82) is 0 Å². The molecule has 2 aliphatic heterocycles. The highest BCUT2D eigenvalue weighted by atomic mass is 16.5. The Balaban J connectivity index is 1.54. The number of ether oxygens (including phenoxy) is 1. The number of aryl methyl sites for hydroxylation is 1. The fourth-order valence-corrected chi connectivity index (χ4v) is 3.42. The van der Waals surface area contributed by atoms with Gasteiger partial charge in [-0.1, -0.05) is 6.92 Å². The molecule has 0 saturated carbocycles. The normalized spacial score (nSPS) is 25.9. The van der Waals surface area contributed by atoms with Crippen molar-refractivity contribution >= 4 is 5.91 Å². The highest BCUT2D eigenvalue weighted by Crippen LogP contribution is 2.23. The summed E-state index contributed by atoms with van der Waals surface area (Å²) in [5.41, 5.74) is -0.796. The lowest BCUT2D eigenvalue weighted by atomic mass is 10.0. The number of morpholine rings is 1. The summed E-state index contributed by atoms with van der Waals surface area (Å²) in [7, 11) is 0. The van der Waals surface area contributed by atoms with Gasteiger partial charge in [0.2, 0.25) is 5.91 Å². The van der Waals surface area contributed by atoms with Gasteiger partial charge in [-0.2, -0.15) is 0 Å². The van der Waals surface area contributed by atoms with Gasteiger partial charge in [0.05, 0.1) is 25.4 Å². The van der Waals surface area contributed by atoms with E-state index in [1.165, 1.54) is 0 Å². The number of likely N-dealkylation sites (tertiary alicyclic amines) is 1. The first-order valence-electron chi connectivity index (χ1n) is 8.40. The third-order valence-corrected chi connectivity index (χ3v) is 4.73. The number of aliphatic hydroxyl groups is 1. The summed E-state index contributed by atoms with van der Waals surface area (Å²) in [6.45, 7) is 7.13. The number of amides is 1. The number of nitrogens with zero attached hydrogens (tertiary/aromatic N) is 4. The molecule has 0 spiro atoms. The van der Waals surface area contributed by atoms with Crippen LogP contribution in [0, 0.1) is 0 Å². The van der Waals surface area contributed by atoms with Gasteiger partial charge in [-0.05, 0) is 6.42 Å². The summed E-state index contributed by atoms with van der Waals surface area (Å²) in [4.78, 5) is 20.7. The van der Waals surface area contributed by atoms with Crippen LogP contribution in [0.3, 0.4) is 0 Å². The zero-order valence-electron chi connectivity index (χ0n) is 13.8. The summed E-state index contributed by atoms with van der Waals surface area (Å²) in [5.74, 6) is 0.969. The molecule has 1 amide bonds. The van der Waals surface area contributed by atoms with E-state index in [4.69, 9.17) is 4.74 Å². The molecule has 0 aliphatic carbocycles. The van der Waals surface area contributed by atoms with E-state index >= 15 is 0 Å². The maximum absolute atomic E-state index is 12.5. The second-order valence-corrected chi connectivity index (χ2v) is 6.50. The summed E-state index contributed by atoms with van der Waals surface area (Å²) in [5, 5.41) is 10.8. The summed E-state index contributed by atoms with van der Waals surface area (Å²) in [6, 6.07) is 0. The Hall–Kier alpha value is -1.44. The molecule has 0 aromatic carbocycles. The molecule has 128 valence electrons. The lowest BCUT2D eigenvalue weighted by molar-refractivity contribution is -0.132. The van der Waals surface area contributed by atoms with Crippen molar-refractivity contribution in [3.05, 3.63) is 18.2 Å². The molecule has 2 aliphatic rings. The van der Waals surface area contributed by atoms with Crippen LogP contribution in [0.4, 0.5) is 0 Å². The van der Waals surface area contributed by atoms with E-state index in [0.29, 0.717) is 32.6 Å². The SMILES string of the molecule is CCc1nccn1CC(=O)N1CC[C@](O)(CN2CCOCC2)C1. The van der Waals surface area contributed by atoms with Crippen LogP contribution in [0.5, 0.6) is 0 Å². The van der Waals surface area contributed by atoms with Gasteiger partial charge in [0.15, 0.2) is 0 Å². The topological polar surface area (TPSA) is 70.8 Å². The minimum absolute atomic E-state index is 0.0515. The Labute approximate surface area is 136 Å². The van der Waals surface area contributed by atoms with E-state index in [9.17, 15) is 9.90 Å². The molecule has 1 aromatic heterocycles. The number of rotatable bonds is 5. The van der Waals surface area contributed by atoms with Crippen molar-refractivity contribution in [1.82, 2.24) is 19.4 Å². The Morgan fingerprint density at radius 1 is 1.39 bits per heavy atom. The minimum atomic E-state index is -0.796. The van der Waals surface area contributed by atoms with Crippen LogP contribution in [-0.4, -0.2) is 81.9 Å². The number of hydrogen-bond acceptors (Lipinski definition) is 5. The molecule has 3 rings (SSSR count). The van der Waals surface area contributed by atoms with E-state index in [2.05, 4.69) is 9.88 Å². The molecular weight excluding hydrogens is 296 g/mol. The van der Waals surface area contributed by atoms with E-state index in [1.807, 2.05) is 17.7 Å². The minimum Gasteiger partial charge on any atom is -0.387 e. The summed E-state index contributed by atoms with van der Waals surface area (Å²) in [6.07, 6.45) is 5.01. The molecule has 1 N–H and O–H groups in total. The molecule has 0 unspecified atom stereocenters. The number of aromatic nitrogens is 2. The van der Waals surface area contributed by atoms with Gasteiger partial charge in [0.25, 0.3) is 0 Å². The van der Waals surface area contributed by atoms with Gasteiger partial charge < -0.3 is 19.3 Å². The molecular formula is C16H26N4O3. The Kier molecular flexibility index (Phi) is 4.99. The van der Waals surface area contributed by atoms with E-state index in [0.717, 1.165) is 38.5 Å².